The molecule has 0 saturated heterocycles. The Morgan fingerprint density at radius 2 is 1.88 bits per heavy atom. The van der Waals surface area contributed by atoms with Crippen LogP contribution in [0, 0.1) is 18.3 Å². The molecule has 33 heavy (non-hydrogen) atoms. The second-order valence-electron chi connectivity index (χ2n) is 7.02. The number of thiazole rings is 1. The van der Waals surface area contributed by atoms with Crippen LogP contribution in [-0.2, 0) is 22.7 Å². The van der Waals surface area contributed by atoms with E-state index < -0.39 is 33.2 Å². The van der Waals surface area contributed by atoms with Crippen LogP contribution in [0.15, 0.2) is 48.5 Å². The van der Waals surface area contributed by atoms with E-state index >= 15 is 0 Å². The van der Waals surface area contributed by atoms with E-state index in [1.807, 2.05) is 4.72 Å². The normalized spacial score (nSPS) is 11.6. The summed E-state index contributed by atoms with van der Waals surface area (Å²) < 4.78 is 65.3. The molecule has 1 heterocycles. The third kappa shape index (κ3) is 5.88. The van der Waals surface area contributed by atoms with Gasteiger partial charge in [-0.1, -0.05) is 30.3 Å². The van der Waals surface area contributed by atoms with Gasteiger partial charge in [0, 0.05) is 10.6 Å². The lowest BCUT2D eigenvalue weighted by Crippen LogP contribution is -2.30. The largest absolute Gasteiger partial charge is 0.417 e. The molecule has 0 saturated carbocycles. The van der Waals surface area contributed by atoms with Crippen molar-refractivity contribution < 1.29 is 26.4 Å². The van der Waals surface area contributed by atoms with Gasteiger partial charge < -0.3 is 4.90 Å². The van der Waals surface area contributed by atoms with Crippen LogP contribution in [0.25, 0.3) is 0 Å². The number of hydrogen-bond acceptors (Lipinski definition) is 7. The first-order valence-electron chi connectivity index (χ1n) is 9.31. The zero-order valence-corrected chi connectivity index (χ0v) is 19.0. The fourth-order valence-corrected chi connectivity index (χ4v) is 4.35. The monoisotopic (exact) mass is 494 g/mol. The number of nitrogens with zero attached hydrogens (tertiary/aromatic N) is 3. The first kappa shape index (κ1) is 24.2. The smallest absolute Gasteiger partial charge is 0.313 e. The molecule has 2 aromatic carbocycles. The maximum atomic E-state index is 13.5. The summed E-state index contributed by atoms with van der Waals surface area (Å²) in [5.41, 5.74) is -0.902. The summed E-state index contributed by atoms with van der Waals surface area (Å²) in [6.45, 7) is 1.67. The topological polar surface area (TPSA) is 103 Å². The molecule has 1 N–H and O–H groups in total. The van der Waals surface area contributed by atoms with Gasteiger partial charge in [-0.2, -0.15) is 18.4 Å². The van der Waals surface area contributed by atoms with Gasteiger partial charge in [-0.15, -0.1) is 11.3 Å². The second-order valence-corrected chi connectivity index (χ2v) is 9.95. The number of hydrogen-bond donors (Lipinski definition) is 1. The Labute approximate surface area is 192 Å². The van der Waals surface area contributed by atoms with Gasteiger partial charge in [0.1, 0.15) is 5.69 Å². The van der Waals surface area contributed by atoms with Crippen molar-refractivity contribution in [3.63, 3.8) is 0 Å². The van der Waals surface area contributed by atoms with E-state index in [1.165, 1.54) is 11.0 Å². The molecule has 0 radical (unpaired) electrons. The van der Waals surface area contributed by atoms with Crippen LogP contribution in [0.3, 0.4) is 0 Å². The van der Waals surface area contributed by atoms with Crippen molar-refractivity contribution in [1.82, 2.24) is 9.71 Å². The lowest BCUT2D eigenvalue weighted by atomic mass is 10.1. The minimum absolute atomic E-state index is 0.106. The molecule has 172 valence electrons. The summed E-state index contributed by atoms with van der Waals surface area (Å²) in [4.78, 5) is 18.4. The van der Waals surface area contributed by atoms with E-state index in [0.29, 0.717) is 4.88 Å². The number of aryl methyl sites for hydroxylation is 1. The SMILES string of the molecule is Cc1sc(N(Cc2ccccc2)c2ccc(C#N)c(C(F)(F)F)c2)nc1C(=O)NS(C)(=O)=O. The predicted molar refractivity (Wildman–Crippen MR) is 118 cm³/mol. The molecule has 1 aromatic heterocycles. The van der Waals surface area contributed by atoms with Crippen molar-refractivity contribution in [2.24, 2.45) is 0 Å². The minimum Gasteiger partial charge on any atom is -0.313 e. The van der Waals surface area contributed by atoms with Gasteiger partial charge in [-0.25, -0.2) is 18.1 Å². The quantitative estimate of drug-likeness (QED) is 0.546. The fourth-order valence-electron chi connectivity index (χ4n) is 2.99. The molecule has 0 spiro atoms. The lowest BCUT2D eigenvalue weighted by Gasteiger charge is -2.23. The second kappa shape index (κ2) is 9.21. The average Bonchev–Trinajstić information content (AvgIpc) is 3.12. The van der Waals surface area contributed by atoms with Crippen molar-refractivity contribution in [1.29, 1.82) is 5.26 Å². The third-order valence-electron chi connectivity index (χ3n) is 4.43. The molecule has 0 aliphatic carbocycles. The number of anilines is 2. The lowest BCUT2D eigenvalue weighted by molar-refractivity contribution is -0.137. The number of sulfonamides is 1. The van der Waals surface area contributed by atoms with Crippen LogP contribution in [0.5, 0.6) is 0 Å². The molecule has 0 fully saturated rings. The summed E-state index contributed by atoms with van der Waals surface area (Å²) in [6.07, 6.45) is -3.93. The van der Waals surface area contributed by atoms with E-state index in [-0.39, 0.29) is 23.1 Å². The molecule has 0 unspecified atom stereocenters. The number of benzene rings is 2. The number of aromatic nitrogens is 1. The van der Waals surface area contributed by atoms with Gasteiger partial charge in [-0.05, 0) is 30.7 Å². The highest BCUT2D eigenvalue weighted by Crippen LogP contribution is 2.38. The van der Waals surface area contributed by atoms with E-state index in [1.54, 1.807) is 43.3 Å². The maximum absolute atomic E-state index is 13.5. The summed E-state index contributed by atoms with van der Waals surface area (Å²) in [6, 6.07) is 13.7. The van der Waals surface area contributed by atoms with Crippen LogP contribution < -0.4 is 9.62 Å². The van der Waals surface area contributed by atoms with E-state index in [9.17, 15) is 26.4 Å². The summed E-state index contributed by atoms with van der Waals surface area (Å²) >= 11 is 1.03. The maximum Gasteiger partial charge on any atom is 0.417 e. The average molecular weight is 495 g/mol. The Morgan fingerprint density at radius 1 is 1.21 bits per heavy atom. The molecule has 0 aliphatic rings. The Kier molecular flexibility index (Phi) is 6.76. The first-order valence-corrected chi connectivity index (χ1v) is 12.0. The standard InChI is InChI=1S/C21H17F3N4O3S2/c1-13-18(19(29)27-33(2,30)31)26-20(32-13)28(12-14-6-4-3-5-7-14)16-9-8-15(11-25)17(10-16)21(22,23)24/h3-10H,12H2,1-2H3,(H,27,29). The molecule has 0 bridgehead atoms. The van der Waals surface area contributed by atoms with Gasteiger partial charge in [0.2, 0.25) is 10.0 Å². The highest BCUT2D eigenvalue weighted by atomic mass is 32.2. The van der Waals surface area contributed by atoms with Crippen molar-refractivity contribution in [3.8, 4) is 6.07 Å². The van der Waals surface area contributed by atoms with Crippen molar-refractivity contribution in [3.05, 3.63) is 75.8 Å². The zero-order chi connectivity index (χ0) is 24.4. The van der Waals surface area contributed by atoms with Gasteiger partial charge in [0.05, 0.1) is 30.0 Å². The number of carbonyl (C=O) groups is 1. The van der Waals surface area contributed by atoms with Crippen molar-refractivity contribution in [2.75, 3.05) is 11.2 Å². The molecule has 12 heteroatoms. The number of halogens is 3. The van der Waals surface area contributed by atoms with Gasteiger partial charge in [-0.3, -0.25) is 4.79 Å². The van der Waals surface area contributed by atoms with Gasteiger partial charge in [0.15, 0.2) is 5.13 Å². The number of alkyl halides is 3. The van der Waals surface area contributed by atoms with Crippen LogP contribution in [0.2, 0.25) is 0 Å². The molecule has 7 nitrogen and oxygen atoms in total. The zero-order valence-electron chi connectivity index (χ0n) is 17.3. The Bertz CT molecular complexity index is 1330. The molecule has 3 aromatic rings. The van der Waals surface area contributed by atoms with E-state index in [2.05, 4.69) is 4.98 Å². The van der Waals surface area contributed by atoms with Crippen LogP contribution >= 0.6 is 11.3 Å². The van der Waals surface area contributed by atoms with E-state index in [0.717, 1.165) is 35.3 Å². The molecule has 1 amide bonds. The predicted octanol–water partition coefficient (Wildman–Crippen LogP) is 4.37. The van der Waals surface area contributed by atoms with Crippen molar-refractivity contribution in [2.45, 2.75) is 19.6 Å². The molecular formula is C21H17F3N4O3S2. The summed E-state index contributed by atoms with van der Waals surface area (Å²) in [7, 11) is -3.83. The number of nitrogens with one attached hydrogen (secondary N) is 1. The third-order valence-corrected chi connectivity index (χ3v) is 5.98. The molecule has 3 rings (SSSR count). The van der Waals surface area contributed by atoms with Gasteiger partial charge in [0.25, 0.3) is 5.91 Å². The van der Waals surface area contributed by atoms with Crippen LogP contribution in [-0.4, -0.2) is 25.6 Å². The van der Waals surface area contributed by atoms with Gasteiger partial charge >= 0.3 is 6.18 Å². The van der Waals surface area contributed by atoms with Crippen LogP contribution in [0.4, 0.5) is 24.0 Å². The first-order chi connectivity index (χ1) is 15.4. The summed E-state index contributed by atoms with van der Waals surface area (Å²) in [5, 5.41) is 9.28. The Balaban J connectivity index is 2.12. The highest BCUT2D eigenvalue weighted by molar-refractivity contribution is 7.89. The number of carbonyl (C=O) groups excluding carboxylic acids is 1. The van der Waals surface area contributed by atoms with E-state index in [4.69, 9.17) is 5.26 Å². The number of amides is 1. The molecule has 0 atom stereocenters. The fraction of sp³-hybridized carbons (Fsp3) is 0.190. The van der Waals surface area contributed by atoms with Crippen molar-refractivity contribution >= 4 is 38.1 Å². The Morgan fingerprint density at radius 3 is 2.45 bits per heavy atom. The minimum atomic E-state index is -4.75. The van der Waals surface area contributed by atoms with Crippen LogP contribution in [0.1, 0.15) is 32.1 Å². The molecule has 0 aliphatic heterocycles. The highest BCUT2D eigenvalue weighted by Gasteiger charge is 2.34. The number of nitriles is 1. The number of rotatable bonds is 6. The Hall–Kier alpha value is -3.43. The summed E-state index contributed by atoms with van der Waals surface area (Å²) in [5.74, 6) is -0.937. The molecular weight excluding hydrogens is 477 g/mol.